The van der Waals surface area contributed by atoms with Gasteiger partial charge in [0.2, 0.25) is 5.95 Å². The molecule has 114 valence electrons. The molecule has 3 rings (SSSR count). The van der Waals surface area contributed by atoms with Crippen LogP contribution in [0.25, 0.3) is 0 Å². The van der Waals surface area contributed by atoms with E-state index in [9.17, 15) is 4.79 Å². The molecule has 2 heterocycles. The van der Waals surface area contributed by atoms with Crippen LogP contribution in [0.3, 0.4) is 0 Å². The molecule has 0 atom stereocenters. The number of carbonyl (C=O) groups is 1. The zero-order chi connectivity index (χ0) is 15.5. The highest BCUT2D eigenvalue weighted by molar-refractivity contribution is 6.06. The molecule has 0 unspecified atom stereocenters. The number of anilines is 2. The van der Waals surface area contributed by atoms with E-state index in [1.807, 2.05) is 14.1 Å². The first-order valence-electron chi connectivity index (χ1n) is 6.84. The number of nitrogens with one attached hydrogen (secondary N) is 1. The Labute approximate surface area is 127 Å². The van der Waals surface area contributed by atoms with Crippen LogP contribution in [0.15, 0.2) is 30.6 Å². The van der Waals surface area contributed by atoms with Gasteiger partial charge in [0.1, 0.15) is 13.2 Å². The number of fused-ring (bicyclic) bond motifs is 1. The van der Waals surface area contributed by atoms with Gasteiger partial charge in [-0.25, -0.2) is 9.97 Å². The second-order valence-corrected chi connectivity index (χ2v) is 4.95. The molecule has 2 aromatic rings. The lowest BCUT2D eigenvalue weighted by atomic mass is 10.1. The molecule has 1 N–H and O–H groups in total. The number of amides is 1. The van der Waals surface area contributed by atoms with Gasteiger partial charge in [-0.1, -0.05) is 6.07 Å². The predicted octanol–water partition coefficient (Wildman–Crippen LogP) is 1.57. The van der Waals surface area contributed by atoms with Crippen LogP contribution in [0.2, 0.25) is 0 Å². The summed E-state index contributed by atoms with van der Waals surface area (Å²) in [6.45, 7) is 0.913. The molecule has 1 aromatic heterocycles. The van der Waals surface area contributed by atoms with E-state index in [0.29, 0.717) is 41.9 Å². The van der Waals surface area contributed by atoms with Crippen molar-refractivity contribution >= 4 is 17.5 Å². The second kappa shape index (κ2) is 5.88. The van der Waals surface area contributed by atoms with E-state index in [1.54, 1.807) is 35.5 Å². The first kappa shape index (κ1) is 14.1. The maximum absolute atomic E-state index is 12.4. The van der Waals surface area contributed by atoms with Crippen molar-refractivity contribution in [3.05, 3.63) is 36.2 Å². The molecule has 0 fully saturated rings. The van der Waals surface area contributed by atoms with Crippen molar-refractivity contribution in [1.29, 1.82) is 0 Å². The summed E-state index contributed by atoms with van der Waals surface area (Å²) in [5.41, 5.74) is 0.943. The Morgan fingerprint density at radius 1 is 1.18 bits per heavy atom. The number of aromatic nitrogens is 2. The van der Waals surface area contributed by atoms with Crippen LogP contribution in [-0.4, -0.2) is 43.2 Å². The Hall–Kier alpha value is -2.83. The van der Waals surface area contributed by atoms with Crippen molar-refractivity contribution < 1.29 is 14.3 Å². The van der Waals surface area contributed by atoms with Crippen molar-refractivity contribution in [2.45, 2.75) is 0 Å². The summed E-state index contributed by atoms with van der Waals surface area (Å²) in [5, 5.41) is 2.76. The van der Waals surface area contributed by atoms with Gasteiger partial charge in [0.15, 0.2) is 11.5 Å². The molecule has 1 aliphatic heterocycles. The minimum Gasteiger partial charge on any atom is -0.486 e. The first-order valence-corrected chi connectivity index (χ1v) is 6.84. The summed E-state index contributed by atoms with van der Waals surface area (Å²) >= 11 is 0. The van der Waals surface area contributed by atoms with E-state index >= 15 is 0 Å². The molecular weight excluding hydrogens is 284 g/mol. The van der Waals surface area contributed by atoms with Gasteiger partial charge >= 0.3 is 0 Å². The first-order chi connectivity index (χ1) is 10.6. The summed E-state index contributed by atoms with van der Waals surface area (Å²) in [4.78, 5) is 22.5. The summed E-state index contributed by atoms with van der Waals surface area (Å²) < 4.78 is 11.0. The molecule has 0 saturated heterocycles. The van der Waals surface area contributed by atoms with Crippen LogP contribution in [0.5, 0.6) is 11.5 Å². The standard InChI is InChI=1S/C15H16N4O3/c1-19(2)15-16-8-10(9-17-15)18-14(20)11-4-3-5-12-13(11)22-7-6-21-12/h3-5,8-9H,6-7H2,1-2H3,(H,18,20). The Morgan fingerprint density at radius 3 is 2.64 bits per heavy atom. The lowest BCUT2D eigenvalue weighted by Gasteiger charge is -2.20. The van der Waals surface area contributed by atoms with E-state index in [1.165, 1.54) is 0 Å². The number of nitrogens with zero attached hydrogens (tertiary/aromatic N) is 3. The molecule has 0 spiro atoms. The summed E-state index contributed by atoms with van der Waals surface area (Å²) in [5.74, 6) is 1.34. The fourth-order valence-electron chi connectivity index (χ4n) is 2.07. The third-order valence-electron chi connectivity index (χ3n) is 3.11. The molecule has 7 nitrogen and oxygen atoms in total. The number of rotatable bonds is 3. The molecule has 1 amide bonds. The maximum atomic E-state index is 12.4. The summed E-state index contributed by atoms with van der Waals surface area (Å²) in [6.07, 6.45) is 3.12. The maximum Gasteiger partial charge on any atom is 0.259 e. The smallest absolute Gasteiger partial charge is 0.259 e. The van der Waals surface area contributed by atoms with Crippen LogP contribution in [0, 0.1) is 0 Å². The third kappa shape index (κ3) is 2.78. The van der Waals surface area contributed by atoms with Crippen LogP contribution >= 0.6 is 0 Å². The van der Waals surface area contributed by atoms with E-state index in [-0.39, 0.29) is 5.91 Å². The number of ether oxygens (including phenoxy) is 2. The Kier molecular flexibility index (Phi) is 3.78. The van der Waals surface area contributed by atoms with E-state index in [0.717, 1.165) is 0 Å². The predicted molar refractivity (Wildman–Crippen MR) is 81.7 cm³/mol. The highest BCUT2D eigenvalue weighted by atomic mass is 16.6. The van der Waals surface area contributed by atoms with E-state index < -0.39 is 0 Å². The zero-order valence-corrected chi connectivity index (χ0v) is 12.4. The molecule has 1 aliphatic rings. The van der Waals surface area contributed by atoms with Crippen molar-refractivity contribution in [3.63, 3.8) is 0 Å². The molecule has 0 radical (unpaired) electrons. The fourth-order valence-corrected chi connectivity index (χ4v) is 2.07. The average molecular weight is 300 g/mol. The van der Waals surface area contributed by atoms with Crippen molar-refractivity contribution in [2.75, 3.05) is 37.5 Å². The quantitative estimate of drug-likeness (QED) is 0.927. The lowest BCUT2D eigenvalue weighted by molar-refractivity contribution is 0.101. The van der Waals surface area contributed by atoms with Crippen molar-refractivity contribution in [1.82, 2.24) is 9.97 Å². The molecule has 0 aliphatic carbocycles. The number of benzene rings is 1. The largest absolute Gasteiger partial charge is 0.486 e. The molecule has 0 bridgehead atoms. The van der Waals surface area contributed by atoms with Crippen LogP contribution in [-0.2, 0) is 0 Å². The average Bonchev–Trinajstić information content (AvgIpc) is 2.54. The van der Waals surface area contributed by atoms with Gasteiger partial charge in [-0.15, -0.1) is 0 Å². The van der Waals surface area contributed by atoms with Gasteiger partial charge < -0.3 is 19.7 Å². The van der Waals surface area contributed by atoms with Gasteiger partial charge in [0, 0.05) is 14.1 Å². The van der Waals surface area contributed by atoms with Gasteiger partial charge in [0.25, 0.3) is 5.91 Å². The van der Waals surface area contributed by atoms with Crippen LogP contribution < -0.4 is 19.7 Å². The Morgan fingerprint density at radius 2 is 1.91 bits per heavy atom. The number of para-hydroxylation sites is 1. The normalized spacial score (nSPS) is 12.6. The van der Waals surface area contributed by atoms with Crippen molar-refractivity contribution in [3.8, 4) is 11.5 Å². The van der Waals surface area contributed by atoms with Crippen LogP contribution in [0.1, 0.15) is 10.4 Å². The fraction of sp³-hybridized carbons (Fsp3) is 0.267. The minimum atomic E-state index is -0.288. The SMILES string of the molecule is CN(C)c1ncc(NC(=O)c2cccc3c2OCCO3)cn1. The minimum absolute atomic E-state index is 0.288. The summed E-state index contributed by atoms with van der Waals surface area (Å²) in [6, 6.07) is 5.23. The molecular formula is C15H16N4O3. The lowest BCUT2D eigenvalue weighted by Crippen LogP contribution is -2.20. The van der Waals surface area contributed by atoms with Crippen LogP contribution in [0.4, 0.5) is 11.6 Å². The van der Waals surface area contributed by atoms with Gasteiger partial charge in [-0.05, 0) is 12.1 Å². The molecule has 22 heavy (non-hydrogen) atoms. The number of hydrogen-bond acceptors (Lipinski definition) is 6. The Balaban J connectivity index is 1.80. The van der Waals surface area contributed by atoms with Gasteiger partial charge in [0.05, 0.1) is 23.6 Å². The third-order valence-corrected chi connectivity index (χ3v) is 3.11. The van der Waals surface area contributed by atoms with Crippen molar-refractivity contribution in [2.24, 2.45) is 0 Å². The number of carbonyl (C=O) groups excluding carboxylic acids is 1. The molecule has 7 heteroatoms. The van der Waals surface area contributed by atoms with E-state index in [4.69, 9.17) is 9.47 Å². The molecule has 0 saturated carbocycles. The van der Waals surface area contributed by atoms with Gasteiger partial charge in [-0.3, -0.25) is 4.79 Å². The Bertz CT molecular complexity index is 686. The highest BCUT2D eigenvalue weighted by Crippen LogP contribution is 2.33. The summed E-state index contributed by atoms with van der Waals surface area (Å²) in [7, 11) is 3.70. The highest BCUT2D eigenvalue weighted by Gasteiger charge is 2.20. The number of hydrogen-bond donors (Lipinski definition) is 1. The van der Waals surface area contributed by atoms with Gasteiger partial charge in [-0.2, -0.15) is 0 Å². The zero-order valence-electron chi connectivity index (χ0n) is 12.4. The molecule has 1 aromatic carbocycles. The topological polar surface area (TPSA) is 76.6 Å². The van der Waals surface area contributed by atoms with E-state index in [2.05, 4.69) is 15.3 Å². The monoisotopic (exact) mass is 300 g/mol. The second-order valence-electron chi connectivity index (χ2n) is 4.95.